The summed E-state index contributed by atoms with van der Waals surface area (Å²) in [7, 11) is 0. The lowest BCUT2D eigenvalue weighted by molar-refractivity contribution is -0.385. The molecule has 0 saturated heterocycles. The number of hydrogen-bond donors (Lipinski definition) is 0. The van der Waals surface area contributed by atoms with Crippen molar-refractivity contribution in [3.63, 3.8) is 0 Å². The topological polar surface area (TPSA) is 117 Å². The van der Waals surface area contributed by atoms with Crippen molar-refractivity contribution in [1.29, 1.82) is 0 Å². The Morgan fingerprint density at radius 1 is 1.45 bits per heavy atom. The molecular formula is C13H10N4O5. The van der Waals surface area contributed by atoms with Crippen molar-refractivity contribution >= 4 is 5.69 Å². The highest BCUT2D eigenvalue weighted by Crippen LogP contribution is 2.17. The smallest absolute Gasteiger partial charge is 0.288 e. The van der Waals surface area contributed by atoms with Crippen LogP contribution in [0.25, 0.3) is 11.6 Å². The van der Waals surface area contributed by atoms with Crippen LogP contribution in [0.15, 0.2) is 44.4 Å². The summed E-state index contributed by atoms with van der Waals surface area (Å²) in [5, 5.41) is 14.7. The molecule has 0 aliphatic rings. The monoisotopic (exact) mass is 302 g/mol. The number of aromatic nitrogens is 3. The first-order valence-electron chi connectivity index (χ1n) is 6.26. The van der Waals surface area contributed by atoms with E-state index in [1.807, 2.05) is 0 Å². The van der Waals surface area contributed by atoms with Crippen molar-refractivity contribution in [2.75, 3.05) is 0 Å². The molecule has 0 atom stereocenters. The minimum atomic E-state index is -0.548. The molecule has 0 fully saturated rings. The first-order chi connectivity index (χ1) is 10.5. The zero-order valence-corrected chi connectivity index (χ0v) is 11.4. The molecule has 9 nitrogen and oxygen atoms in total. The maximum Gasteiger partial charge on any atom is 0.288 e. The lowest BCUT2D eigenvalue weighted by Gasteiger charge is -2.03. The van der Waals surface area contributed by atoms with Crippen LogP contribution in [0.5, 0.6) is 0 Å². The minimum absolute atomic E-state index is 0.0618. The molecule has 0 aliphatic carbocycles. The Morgan fingerprint density at radius 2 is 2.27 bits per heavy atom. The Hall–Kier alpha value is -3.23. The zero-order chi connectivity index (χ0) is 15.7. The van der Waals surface area contributed by atoms with Gasteiger partial charge < -0.3 is 8.94 Å². The molecule has 112 valence electrons. The maximum atomic E-state index is 11.9. The number of rotatable bonds is 4. The van der Waals surface area contributed by atoms with E-state index in [1.54, 1.807) is 12.1 Å². The van der Waals surface area contributed by atoms with Crippen LogP contribution in [0, 0.1) is 17.0 Å². The van der Waals surface area contributed by atoms with Gasteiger partial charge in [0.15, 0.2) is 5.76 Å². The Labute approximate surface area is 122 Å². The van der Waals surface area contributed by atoms with Gasteiger partial charge in [0.25, 0.3) is 11.2 Å². The summed E-state index contributed by atoms with van der Waals surface area (Å²) in [5.74, 6) is 0.818. The van der Waals surface area contributed by atoms with Crippen LogP contribution in [-0.2, 0) is 6.54 Å². The van der Waals surface area contributed by atoms with Gasteiger partial charge in [0.2, 0.25) is 11.7 Å². The fourth-order valence-electron chi connectivity index (χ4n) is 1.94. The lowest BCUT2D eigenvalue weighted by Crippen LogP contribution is -2.20. The molecule has 3 rings (SSSR count). The van der Waals surface area contributed by atoms with Crippen molar-refractivity contribution < 1.29 is 13.9 Å². The molecule has 0 aromatic carbocycles. The van der Waals surface area contributed by atoms with Gasteiger partial charge in [0, 0.05) is 11.6 Å². The normalized spacial score (nSPS) is 10.8. The maximum absolute atomic E-state index is 11.9. The van der Waals surface area contributed by atoms with E-state index in [9.17, 15) is 14.9 Å². The summed E-state index contributed by atoms with van der Waals surface area (Å²) >= 11 is 0. The molecule has 0 saturated carbocycles. The quantitative estimate of drug-likeness (QED) is 0.532. The van der Waals surface area contributed by atoms with Crippen LogP contribution in [0.2, 0.25) is 0 Å². The average Bonchev–Trinajstić information content (AvgIpc) is 3.12. The van der Waals surface area contributed by atoms with Crippen molar-refractivity contribution in [3.05, 3.63) is 62.6 Å². The van der Waals surface area contributed by atoms with E-state index in [1.165, 1.54) is 19.3 Å². The number of nitrogens with zero attached hydrogens (tertiary/aromatic N) is 4. The number of nitro groups is 1. The highest BCUT2D eigenvalue weighted by molar-refractivity contribution is 5.44. The Bertz CT molecular complexity index is 878. The summed E-state index contributed by atoms with van der Waals surface area (Å²) in [5.41, 5.74) is -0.237. The second-order valence-corrected chi connectivity index (χ2v) is 4.55. The first kappa shape index (κ1) is 13.7. The van der Waals surface area contributed by atoms with E-state index in [4.69, 9.17) is 8.94 Å². The molecule has 0 aliphatic heterocycles. The van der Waals surface area contributed by atoms with E-state index in [2.05, 4.69) is 10.1 Å². The van der Waals surface area contributed by atoms with Gasteiger partial charge in [0.05, 0.1) is 17.4 Å². The summed E-state index contributed by atoms with van der Waals surface area (Å²) in [6, 6.07) is 4.54. The molecule has 3 aromatic rings. The summed E-state index contributed by atoms with van der Waals surface area (Å²) in [4.78, 5) is 26.3. The van der Waals surface area contributed by atoms with Crippen LogP contribution < -0.4 is 5.56 Å². The van der Waals surface area contributed by atoms with Gasteiger partial charge in [-0.2, -0.15) is 4.98 Å². The van der Waals surface area contributed by atoms with Gasteiger partial charge in [-0.15, -0.1) is 0 Å². The second-order valence-electron chi connectivity index (χ2n) is 4.55. The van der Waals surface area contributed by atoms with E-state index >= 15 is 0 Å². The fourth-order valence-corrected chi connectivity index (χ4v) is 1.94. The third-order valence-corrected chi connectivity index (χ3v) is 3.02. The van der Waals surface area contributed by atoms with E-state index in [-0.39, 0.29) is 29.5 Å². The van der Waals surface area contributed by atoms with Crippen LogP contribution >= 0.6 is 0 Å². The summed E-state index contributed by atoms with van der Waals surface area (Å²) in [6.07, 6.45) is 2.63. The van der Waals surface area contributed by atoms with Gasteiger partial charge in [0.1, 0.15) is 6.54 Å². The van der Waals surface area contributed by atoms with E-state index in [0.29, 0.717) is 11.3 Å². The molecule has 0 unspecified atom stereocenters. The van der Waals surface area contributed by atoms with Gasteiger partial charge in [-0.3, -0.25) is 19.5 Å². The van der Waals surface area contributed by atoms with E-state index in [0.717, 1.165) is 10.8 Å². The zero-order valence-electron chi connectivity index (χ0n) is 11.4. The average molecular weight is 302 g/mol. The Morgan fingerprint density at radius 3 is 2.95 bits per heavy atom. The molecule has 3 aromatic heterocycles. The molecule has 0 amide bonds. The Balaban J connectivity index is 1.92. The van der Waals surface area contributed by atoms with Crippen LogP contribution in [0.4, 0.5) is 5.69 Å². The van der Waals surface area contributed by atoms with Crippen molar-refractivity contribution in [1.82, 2.24) is 14.7 Å². The summed E-state index contributed by atoms with van der Waals surface area (Å²) in [6.45, 7) is 1.44. The van der Waals surface area contributed by atoms with Crippen LogP contribution in [-0.4, -0.2) is 19.6 Å². The van der Waals surface area contributed by atoms with Gasteiger partial charge >= 0.3 is 0 Å². The lowest BCUT2D eigenvalue weighted by atomic mass is 10.2. The molecule has 0 radical (unpaired) electrons. The van der Waals surface area contributed by atoms with E-state index < -0.39 is 4.92 Å². The highest BCUT2D eigenvalue weighted by atomic mass is 16.6. The van der Waals surface area contributed by atoms with Gasteiger partial charge in [-0.25, -0.2) is 0 Å². The number of hydrogen-bond acceptors (Lipinski definition) is 7. The molecule has 0 bridgehead atoms. The number of aryl methyl sites for hydroxylation is 1. The van der Waals surface area contributed by atoms with Crippen molar-refractivity contribution in [2.24, 2.45) is 0 Å². The second kappa shape index (κ2) is 5.28. The number of furan rings is 1. The Kier molecular flexibility index (Phi) is 3.30. The van der Waals surface area contributed by atoms with Gasteiger partial charge in [-0.05, 0) is 19.1 Å². The summed E-state index contributed by atoms with van der Waals surface area (Å²) < 4.78 is 11.3. The standard InChI is InChI=1S/C13H10N4O5/c1-8-5-12(18)16(6-9(8)17(19)20)7-11-14-13(15-22-11)10-3-2-4-21-10/h2-6H,7H2,1H3. The molecule has 9 heteroatoms. The molecule has 3 heterocycles. The fraction of sp³-hybridized carbons (Fsp3) is 0.154. The predicted octanol–water partition coefficient (Wildman–Crippen LogP) is 1.76. The predicted molar refractivity (Wildman–Crippen MR) is 73.2 cm³/mol. The largest absolute Gasteiger partial charge is 0.461 e. The SMILES string of the molecule is Cc1cc(=O)n(Cc2nc(-c3ccco3)no2)cc1[N+](=O)[O-]. The highest BCUT2D eigenvalue weighted by Gasteiger charge is 2.16. The molecule has 22 heavy (non-hydrogen) atoms. The number of pyridine rings is 1. The third kappa shape index (κ3) is 2.51. The van der Waals surface area contributed by atoms with Crippen molar-refractivity contribution in [3.8, 4) is 11.6 Å². The van der Waals surface area contributed by atoms with Crippen molar-refractivity contribution in [2.45, 2.75) is 13.5 Å². The van der Waals surface area contributed by atoms with Gasteiger partial charge in [-0.1, -0.05) is 5.16 Å². The minimum Gasteiger partial charge on any atom is -0.461 e. The molecule has 0 spiro atoms. The molecule has 0 N–H and O–H groups in total. The van der Waals surface area contributed by atoms with Crippen LogP contribution in [0.1, 0.15) is 11.5 Å². The third-order valence-electron chi connectivity index (χ3n) is 3.02. The molecular weight excluding hydrogens is 292 g/mol. The first-order valence-corrected chi connectivity index (χ1v) is 6.26. The van der Waals surface area contributed by atoms with Crippen LogP contribution in [0.3, 0.4) is 0 Å².